The predicted octanol–water partition coefficient (Wildman–Crippen LogP) is 1.41. The number of ether oxygens (including phenoxy) is 3. The molecule has 0 saturated heterocycles. The van der Waals surface area contributed by atoms with Crippen molar-refractivity contribution in [2.75, 3.05) is 14.2 Å². The number of carboxylic acid groups (broad SMARTS) is 1. The van der Waals surface area contributed by atoms with Crippen molar-refractivity contribution >= 4 is 17.6 Å². The van der Waals surface area contributed by atoms with E-state index in [1.54, 1.807) is 0 Å². The van der Waals surface area contributed by atoms with Gasteiger partial charge in [-0.2, -0.15) is 0 Å². The molecule has 0 bridgehead atoms. The molecule has 25 heavy (non-hydrogen) atoms. The molecule has 0 spiro atoms. The van der Waals surface area contributed by atoms with E-state index in [2.05, 4.69) is 0 Å². The summed E-state index contributed by atoms with van der Waals surface area (Å²) < 4.78 is 15.3. The van der Waals surface area contributed by atoms with Crippen LogP contribution in [0, 0.1) is 10.1 Å². The first-order chi connectivity index (χ1) is 11.7. The average Bonchev–Trinajstić information content (AvgIpc) is 2.57. The fraction of sp³-hybridized carbons (Fsp3) is 0.467. The van der Waals surface area contributed by atoms with Crippen LogP contribution in [0.4, 0.5) is 5.69 Å². The number of aliphatic carboxylic acids is 1. The van der Waals surface area contributed by atoms with Gasteiger partial charge in [0.15, 0.2) is 11.5 Å². The molecule has 0 aliphatic heterocycles. The Balaban J connectivity index is 3.03. The van der Waals surface area contributed by atoms with E-state index in [0.29, 0.717) is 0 Å². The highest BCUT2D eigenvalue weighted by molar-refractivity contribution is 5.77. The number of carboxylic acids is 1. The molecule has 0 aliphatic carbocycles. The minimum Gasteiger partial charge on any atom is -0.493 e. The van der Waals surface area contributed by atoms with E-state index in [0.717, 1.165) is 0 Å². The summed E-state index contributed by atoms with van der Waals surface area (Å²) in [5.41, 5.74) is 5.37. The molecule has 1 aromatic rings. The van der Waals surface area contributed by atoms with Crippen LogP contribution < -0.4 is 15.2 Å². The van der Waals surface area contributed by atoms with Crippen LogP contribution in [0.25, 0.3) is 0 Å². The summed E-state index contributed by atoms with van der Waals surface area (Å²) in [7, 11) is 2.71. The Morgan fingerprint density at radius 2 is 1.84 bits per heavy atom. The molecule has 0 fully saturated rings. The Morgan fingerprint density at radius 1 is 1.28 bits per heavy atom. The third-order valence-corrected chi connectivity index (χ3v) is 3.43. The number of carbonyl (C=O) groups excluding carboxylic acids is 1. The average molecular weight is 356 g/mol. The minimum absolute atomic E-state index is 0.0986. The third kappa shape index (κ3) is 5.31. The molecule has 2 atom stereocenters. The molecule has 10 nitrogen and oxygen atoms in total. The number of carbonyl (C=O) groups is 2. The van der Waals surface area contributed by atoms with Crippen molar-refractivity contribution in [2.45, 2.75) is 31.9 Å². The Bertz CT molecular complexity index is 661. The van der Waals surface area contributed by atoms with Gasteiger partial charge in [0.25, 0.3) is 5.69 Å². The van der Waals surface area contributed by atoms with Crippen molar-refractivity contribution in [3.63, 3.8) is 0 Å². The highest BCUT2D eigenvalue weighted by atomic mass is 16.6. The van der Waals surface area contributed by atoms with Crippen LogP contribution in [0.3, 0.4) is 0 Å². The molecule has 0 aliphatic rings. The summed E-state index contributed by atoms with van der Waals surface area (Å²) in [6, 6.07) is 1.37. The molecule has 1 unspecified atom stereocenters. The molecule has 3 N–H and O–H groups in total. The van der Waals surface area contributed by atoms with Gasteiger partial charge in [0.05, 0.1) is 30.8 Å². The zero-order valence-electron chi connectivity index (χ0n) is 14.1. The fourth-order valence-electron chi connectivity index (χ4n) is 2.09. The second-order valence-corrected chi connectivity index (χ2v) is 5.14. The van der Waals surface area contributed by atoms with Crippen molar-refractivity contribution in [1.29, 1.82) is 0 Å². The highest BCUT2D eigenvalue weighted by Crippen LogP contribution is 2.38. The van der Waals surface area contributed by atoms with E-state index >= 15 is 0 Å². The van der Waals surface area contributed by atoms with Crippen LogP contribution in [0.15, 0.2) is 12.1 Å². The van der Waals surface area contributed by atoms with Gasteiger partial charge in [-0.1, -0.05) is 0 Å². The van der Waals surface area contributed by atoms with Gasteiger partial charge in [-0.3, -0.25) is 19.7 Å². The molecule has 1 aromatic carbocycles. The molecule has 0 saturated carbocycles. The molecule has 0 radical (unpaired) electrons. The summed E-state index contributed by atoms with van der Waals surface area (Å²) in [6.45, 7) is 1.44. The van der Waals surface area contributed by atoms with Gasteiger partial charge in [0.1, 0.15) is 12.1 Å². The van der Waals surface area contributed by atoms with Crippen LogP contribution in [0.5, 0.6) is 11.5 Å². The first-order valence-electron chi connectivity index (χ1n) is 7.29. The van der Waals surface area contributed by atoms with Crippen molar-refractivity contribution in [3.05, 3.63) is 27.8 Å². The Hall–Kier alpha value is -2.88. The first kappa shape index (κ1) is 20.2. The smallest absolute Gasteiger partial charge is 0.323 e. The zero-order chi connectivity index (χ0) is 19.1. The zero-order valence-corrected chi connectivity index (χ0v) is 14.1. The molecular weight excluding hydrogens is 336 g/mol. The molecule has 1 rings (SSSR count). The molecule has 10 heteroatoms. The number of hydrogen-bond donors (Lipinski definition) is 2. The van der Waals surface area contributed by atoms with Crippen molar-refractivity contribution in [1.82, 2.24) is 0 Å². The monoisotopic (exact) mass is 356 g/mol. The second kappa shape index (κ2) is 8.83. The van der Waals surface area contributed by atoms with E-state index < -0.39 is 29.0 Å². The van der Waals surface area contributed by atoms with E-state index in [4.69, 9.17) is 25.1 Å². The van der Waals surface area contributed by atoms with Gasteiger partial charge in [-0.25, -0.2) is 0 Å². The van der Waals surface area contributed by atoms with E-state index in [1.807, 2.05) is 0 Å². The third-order valence-electron chi connectivity index (χ3n) is 3.43. The van der Waals surface area contributed by atoms with Crippen LogP contribution in [0.1, 0.15) is 31.4 Å². The number of nitrogens with zero attached hydrogens (tertiary/aromatic N) is 1. The van der Waals surface area contributed by atoms with Crippen molar-refractivity contribution < 1.29 is 33.8 Å². The Morgan fingerprint density at radius 3 is 2.32 bits per heavy atom. The van der Waals surface area contributed by atoms with Gasteiger partial charge in [-0.15, -0.1) is 0 Å². The largest absolute Gasteiger partial charge is 0.493 e. The molecule has 0 heterocycles. The number of nitrogens with two attached hydrogens (primary N) is 1. The summed E-state index contributed by atoms with van der Waals surface area (Å²) in [5.74, 6) is -1.54. The lowest BCUT2D eigenvalue weighted by Gasteiger charge is -2.18. The quantitative estimate of drug-likeness (QED) is 0.380. The first-order valence-corrected chi connectivity index (χ1v) is 7.29. The van der Waals surface area contributed by atoms with Gasteiger partial charge < -0.3 is 25.1 Å². The van der Waals surface area contributed by atoms with Crippen LogP contribution in [-0.4, -0.2) is 42.2 Å². The number of esters is 1. The van der Waals surface area contributed by atoms with Gasteiger partial charge >= 0.3 is 11.9 Å². The van der Waals surface area contributed by atoms with Crippen molar-refractivity contribution in [3.8, 4) is 11.5 Å². The fourth-order valence-corrected chi connectivity index (χ4v) is 2.09. The molecule has 138 valence electrons. The number of methoxy groups -OCH3 is 2. The number of benzene rings is 1. The van der Waals surface area contributed by atoms with Gasteiger partial charge in [-0.05, 0) is 19.4 Å². The lowest BCUT2D eigenvalue weighted by molar-refractivity contribution is -0.386. The summed E-state index contributed by atoms with van der Waals surface area (Å²) in [6.07, 6.45) is -1.39. The van der Waals surface area contributed by atoms with Crippen LogP contribution in [0.2, 0.25) is 0 Å². The van der Waals surface area contributed by atoms with E-state index in [1.165, 1.54) is 33.3 Å². The highest BCUT2D eigenvalue weighted by Gasteiger charge is 2.27. The number of rotatable bonds is 9. The topological polar surface area (TPSA) is 151 Å². The normalized spacial score (nSPS) is 12.8. The number of nitro benzene ring substituents is 1. The number of nitro groups is 1. The molecular formula is C15H20N2O8. The second-order valence-electron chi connectivity index (χ2n) is 5.14. The predicted molar refractivity (Wildman–Crippen MR) is 85.6 cm³/mol. The van der Waals surface area contributed by atoms with Crippen molar-refractivity contribution in [2.24, 2.45) is 5.73 Å². The molecule has 0 amide bonds. The number of hydrogen-bond acceptors (Lipinski definition) is 8. The maximum Gasteiger partial charge on any atom is 0.323 e. The SMILES string of the molecule is COc1cc(C(C)OC(=O)[C@@H](N)CCC(=O)O)c([N+](=O)[O-])cc1OC. The summed E-state index contributed by atoms with van der Waals surface area (Å²) >= 11 is 0. The van der Waals surface area contributed by atoms with Crippen LogP contribution in [-0.2, 0) is 14.3 Å². The van der Waals surface area contributed by atoms with Crippen LogP contribution >= 0.6 is 0 Å². The Kier molecular flexibility index (Phi) is 7.12. The maximum absolute atomic E-state index is 11.9. The summed E-state index contributed by atoms with van der Waals surface area (Å²) in [4.78, 5) is 33.1. The lowest BCUT2D eigenvalue weighted by atomic mass is 10.1. The molecule has 0 aromatic heterocycles. The minimum atomic E-state index is -1.14. The van der Waals surface area contributed by atoms with E-state index in [9.17, 15) is 19.7 Å². The van der Waals surface area contributed by atoms with E-state index in [-0.39, 0.29) is 35.6 Å². The van der Waals surface area contributed by atoms with Gasteiger partial charge in [0, 0.05) is 6.42 Å². The lowest BCUT2D eigenvalue weighted by Crippen LogP contribution is -2.33. The standard InChI is InChI=1S/C15H20N2O8/c1-8(25-15(20)10(16)4-5-14(18)19)9-6-12(23-2)13(24-3)7-11(9)17(21)22/h6-8,10H,4-5,16H2,1-3H3,(H,18,19)/t8?,10-/m0/s1. The maximum atomic E-state index is 11.9. The Labute approximate surface area is 143 Å². The van der Waals surface area contributed by atoms with Gasteiger partial charge in [0.2, 0.25) is 0 Å². The summed E-state index contributed by atoms with van der Waals surface area (Å²) in [5, 5.41) is 19.9.